The molecular formula is C19H14Cl4F2N4O2. The van der Waals surface area contributed by atoms with Crippen LogP contribution in [0.4, 0.5) is 14.5 Å². The minimum atomic E-state index is -3.06. The first-order valence-electron chi connectivity index (χ1n) is 8.73. The Balaban J connectivity index is 1.87. The number of hydrogen-bond acceptors (Lipinski definition) is 3. The fraction of sp³-hybridized carbons (Fsp3) is 0.211. The maximum absolute atomic E-state index is 13.1. The van der Waals surface area contributed by atoms with E-state index >= 15 is 0 Å². The van der Waals surface area contributed by atoms with Crippen molar-refractivity contribution in [2.24, 2.45) is 0 Å². The molecule has 0 saturated carbocycles. The van der Waals surface area contributed by atoms with Crippen LogP contribution in [0.5, 0.6) is 0 Å². The monoisotopic (exact) mass is 508 g/mol. The van der Waals surface area contributed by atoms with Gasteiger partial charge in [-0.15, -0.1) is 16.7 Å². The van der Waals surface area contributed by atoms with Crippen molar-refractivity contribution in [3.05, 3.63) is 73.3 Å². The zero-order valence-electron chi connectivity index (χ0n) is 15.8. The molecule has 164 valence electrons. The molecule has 12 heteroatoms. The Morgan fingerprint density at radius 2 is 1.77 bits per heavy atom. The Hall–Kier alpha value is -2.13. The molecule has 0 bridgehead atoms. The second kappa shape index (κ2) is 9.56. The molecular weight excluding hydrogens is 496 g/mol. The van der Waals surface area contributed by atoms with E-state index in [-0.39, 0.29) is 32.5 Å². The summed E-state index contributed by atoms with van der Waals surface area (Å²) in [6.45, 7) is -1.79. The summed E-state index contributed by atoms with van der Waals surface area (Å²) in [4.78, 5) is 24.7. The van der Waals surface area contributed by atoms with Gasteiger partial charge in [0.1, 0.15) is 11.2 Å². The van der Waals surface area contributed by atoms with Gasteiger partial charge in [0, 0.05) is 15.7 Å². The number of hydrogen-bond donors (Lipinski definition) is 1. The normalized spacial score (nSPS) is 12.3. The van der Waals surface area contributed by atoms with Crippen LogP contribution in [0.2, 0.25) is 15.1 Å². The predicted molar refractivity (Wildman–Crippen MR) is 117 cm³/mol. The van der Waals surface area contributed by atoms with Crippen molar-refractivity contribution < 1.29 is 13.6 Å². The molecule has 1 N–H and O–H groups in total. The second-order valence-corrected chi connectivity index (χ2v) is 8.23. The zero-order chi connectivity index (χ0) is 22.9. The summed E-state index contributed by atoms with van der Waals surface area (Å²) >= 11 is 24.4. The number of aryl methyl sites for hydroxylation is 1. The molecule has 31 heavy (non-hydrogen) atoms. The van der Waals surface area contributed by atoms with Crippen molar-refractivity contribution in [1.82, 2.24) is 14.3 Å². The maximum atomic E-state index is 13.1. The topological polar surface area (TPSA) is 68.9 Å². The van der Waals surface area contributed by atoms with Gasteiger partial charge in [-0.2, -0.15) is 13.5 Å². The molecule has 0 aliphatic carbocycles. The van der Waals surface area contributed by atoms with E-state index in [0.29, 0.717) is 16.3 Å². The molecule has 0 spiro atoms. The van der Waals surface area contributed by atoms with E-state index in [0.717, 1.165) is 4.68 Å². The Kier molecular flexibility index (Phi) is 7.26. The number of alkyl halides is 3. The minimum absolute atomic E-state index is 0.0199. The fourth-order valence-corrected chi connectivity index (χ4v) is 3.68. The smallest absolute Gasteiger partial charge is 0.325 e. The van der Waals surface area contributed by atoms with Crippen molar-refractivity contribution in [2.75, 3.05) is 5.32 Å². The average molecular weight is 510 g/mol. The Labute approximate surface area is 195 Å². The third-order valence-electron chi connectivity index (χ3n) is 4.32. The molecule has 0 aliphatic rings. The van der Waals surface area contributed by atoms with Gasteiger partial charge in [-0.05, 0) is 55.3 Å². The van der Waals surface area contributed by atoms with Crippen LogP contribution in [0, 0.1) is 6.92 Å². The number of carbonyl (C=O) groups is 1. The highest BCUT2D eigenvalue weighted by Gasteiger charge is 2.23. The van der Waals surface area contributed by atoms with E-state index < -0.39 is 23.5 Å². The van der Waals surface area contributed by atoms with E-state index in [2.05, 4.69) is 10.4 Å². The molecule has 0 radical (unpaired) electrons. The lowest BCUT2D eigenvalue weighted by atomic mass is 10.1. The van der Waals surface area contributed by atoms with Gasteiger partial charge >= 0.3 is 12.2 Å². The van der Waals surface area contributed by atoms with Crippen LogP contribution in [0.3, 0.4) is 0 Å². The van der Waals surface area contributed by atoms with Gasteiger partial charge < -0.3 is 5.32 Å². The highest BCUT2D eigenvalue weighted by Crippen LogP contribution is 2.29. The summed E-state index contributed by atoms with van der Waals surface area (Å²) in [5, 5.41) is 6.19. The number of nitrogens with one attached hydrogen (secondary N) is 1. The molecule has 0 aliphatic heterocycles. The molecule has 1 amide bonds. The van der Waals surface area contributed by atoms with Crippen LogP contribution in [-0.2, 0) is 11.2 Å². The summed E-state index contributed by atoms with van der Waals surface area (Å²) in [5.74, 6) is -0.684. The van der Waals surface area contributed by atoms with E-state index in [1.165, 1.54) is 19.1 Å². The van der Waals surface area contributed by atoms with Gasteiger partial charge in [0.05, 0.1) is 10.7 Å². The van der Waals surface area contributed by atoms with Gasteiger partial charge in [0.15, 0.2) is 0 Å². The van der Waals surface area contributed by atoms with Gasteiger partial charge in [-0.25, -0.2) is 9.36 Å². The zero-order valence-corrected chi connectivity index (χ0v) is 18.8. The van der Waals surface area contributed by atoms with E-state index in [1.54, 1.807) is 24.3 Å². The Morgan fingerprint density at radius 3 is 2.35 bits per heavy atom. The molecule has 1 aromatic heterocycles. The largest absolute Gasteiger partial charge is 0.355 e. The lowest BCUT2D eigenvalue weighted by Gasteiger charge is -2.14. The van der Waals surface area contributed by atoms with Crippen LogP contribution < -0.4 is 11.0 Å². The highest BCUT2D eigenvalue weighted by atomic mass is 35.5. The molecule has 0 fully saturated rings. The van der Waals surface area contributed by atoms with Crippen LogP contribution >= 0.6 is 46.4 Å². The number of benzene rings is 2. The molecule has 3 aromatic rings. The Bertz CT molecular complexity index is 1180. The molecule has 3 rings (SSSR count). The van der Waals surface area contributed by atoms with Gasteiger partial charge in [-0.1, -0.05) is 34.8 Å². The number of carbonyl (C=O) groups excluding carboxylic acids is 1. The number of aromatic nitrogens is 3. The maximum Gasteiger partial charge on any atom is 0.355 e. The summed E-state index contributed by atoms with van der Waals surface area (Å²) < 4.78 is 27.2. The molecule has 2 aromatic carbocycles. The van der Waals surface area contributed by atoms with Crippen molar-refractivity contribution >= 4 is 58.0 Å². The van der Waals surface area contributed by atoms with Gasteiger partial charge in [-0.3, -0.25) is 4.79 Å². The molecule has 1 unspecified atom stereocenters. The summed E-state index contributed by atoms with van der Waals surface area (Å²) in [6, 6.07) is 9.18. The van der Waals surface area contributed by atoms with E-state index in [1.807, 2.05) is 0 Å². The molecule has 1 heterocycles. The lowest BCUT2D eigenvalue weighted by Crippen LogP contribution is -2.26. The minimum Gasteiger partial charge on any atom is -0.325 e. The van der Waals surface area contributed by atoms with E-state index in [4.69, 9.17) is 46.4 Å². The van der Waals surface area contributed by atoms with Crippen molar-refractivity contribution in [3.8, 4) is 5.69 Å². The third kappa shape index (κ3) is 5.20. The van der Waals surface area contributed by atoms with Crippen LogP contribution in [0.25, 0.3) is 5.69 Å². The fourth-order valence-electron chi connectivity index (χ4n) is 2.80. The first-order chi connectivity index (χ1) is 14.6. The Morgan fingerprint density at radius 1 is 1.13 bits per heavy atom. The highest BCUT2D eigenvalue weighted by molar-refractivity contribution is 6.36. The SMILES string of the molecule is Cc1nn(-c2cc(CC(Cl)C(=O)Nc3ccc(Cl)cc3)c(Cl)cc2Cl)c(=O)n1C(F)F. The second-order valence-electron chi connectivity index (χ2n) is 6.45. The van der Waals surface area contributed by atoms with Crippen molar-refractivity contribution in [2.45, 2.75) is 25.3 Å². The first-order valence-corrected chi connectivity index (χ1v) is 10.3. The predicted octanol–water partition coefficient (Wildman–Crippen LogP) is 5.49. The summed E-state index contributed by atoms with van der Waals surface area (Å²) in [7, 11) is 0. The molecule has 1 atom stereocenters. The van der Waals surface area contributed by atoms with Crippen LogP contribution in [-0.4, -0.2) is 25.6 Å². The number of anilines is 1. The first kappa shape index (κ1) is 23.5. The lowest BCUT2D eigenvalue weighted by molar-refractivity contribution is -0.115. The summed E-state index contributed by atoms with van der Waals surface area (Å²) in [5.41, 5.74) is -0.146. The van der Waals surface area contributed by atoms with Crippen molar-refractivity contribution in [3.63, 3.8) is 0 Å². The molecule has 0 saturated heterocycles. The van der Waals surface area contributed by atoms with Crippen LogP contribution in [0.1, 0.15) is 17.9 Å². The van der Waals surface area contributed by atoms with Gasteiger partial charge in [0.25, 0.3) is 0 Å². The van der Waals surface area contributed by atoms with Crippen molar-refractivity contribution in [1.29, 1.82) is 0 Å². The number of rotatable bonds is 6. The van der Waals surface area contributed by atoms with Gasteiger partial charge in [0.2, 0.25) is 5.91 Å². The number of amides is 1. The number of nitrogens with zero attached hydrogens (tertiary/aromatic N) is 3. The summed E-state index contributed by atoms with van der Waals surface area (Å²) in [6.07, 6.45) is -0.0206. The number of halogens is 6. The standard InChI is InChI=1S/C19H14Cl4F2N4O2/c1-9-27-29(19(31)28(9)18(24)25)16-7-10(13(21)8-14(16)22)6-15(23)17(30)26-12-4-2-11(20)3-5-12/h2-5,7-8,15,18H,6H2,1H3,(H,26,30). The van der Waals surface area contributed by atoms with Crippen LogP contribution in [0.15, 0.2) is 41.2 Å². The average Bonchev–Trinajstić information content (AvgIpc) is 2.99. The van der Waals surface area contributed by atoms with E-state index in [9.17, 15) is 18.4 Å². The molecule has 6 nitrogen and oxygen atoms in total. The third-order valence-corrected chi connectivity index (χ3v) is 5.57. The quantitative estimate of drug-likeness (QED) is 0.447.